The third kappa shape index (κ3) is 3.75. The number of thiophene rings is 1. The Hall–Kier alpha value is -3.72. The molecular weight excluding hydrogens is 416 g/mol. The Balaban J connectivity index is 1.43. The lowest BCUT2D eigenvalue weighted by Crippen LogP contribution is -2.33. The van der Waals surface area contributed by atoms with Crippen LogP contribution in [0.25, 0.3) is 10.8 Å². The largest absolute Gasteiger partial charge is 0.467 e. The van der Waals surface area contributed by atoms with Crippen LogP contribution < -0.4 is 5.76 Å². The fourth-order valence-electron chi connectivity index (χ4n) is 3.47. The summed E-state index contributed by atoms with van der Waals surface area (Å²) >= 11 is 1.40. The van der Waals surface area contributed by atoms with Crippen LogP contribution in [-0.4, -0.2) is 26.4 Å². The molecule has 0 saturated heterocycles. The van der Waals surface area contributed by atoms with Crippen LogP contribution in [0.3, 0.4) is 0 Å². The Bertz CT molecular complexity index is 1280. The zero-order valence-corrected chi connectivity index (χ0v) is 17.4. The van der Waals surface area contributed by atoms with Crippen LogP contribution in [-0.2, 0) is 11.3 Å². The van der Waals surface area contributed by atoms with Gasteiger partial charge in [-0.3, -0.25) is 4.79 Å². The van der Waals surface area contributed by atoms with Crippen molar-refractivity contribution in [3.63, 3.8) is 0 Å². The number of carbonyl (C=O) groups excluding carboxylic acids is 1. The van der Waals surface area contributed by atoms with E-state index in [0.29, 0.717) is 12.2 Å². The topological polar surface area (TPSA) is 93.8 Å². The lowest BCUT2D eigenvalue weighted by Gasteiger charge is -2.19. The predicted molar refractivity (Wildman–Crippen MR) is 115 cm³/mol. The zero-order valence-electron chi connectivity index (χ0n) is 16.6. The zero-order chi connectivity index (χ0) is 21.4. The molecular formula is C22H18N4O4S. The van der Waals surface area contributed by atoms with E-state index >= 15 is 0 Å². The Kier molecular flexibility index (Phi) is 4.87. The van der Waals surface area contributed by atoms with E-state index < -0.39 is 11.8 Å². The van der Waals surface area contributed by atoms with Crippen molar-refractivity contribution in [1.82, 2.24) is 14.8 Å². The molecule has 4 heterocycles. The highest BCUT2D eigenvalue weighted by molar-refractivity contribution is 7.13. The standard InChI is InChI=1S/C22H18N4O4S/c1-14-6-8-15(9-7-14)16-12-17(18-4-2-10-29-18)26(23-16)20(27)13-25-22(28)30-21(24-25)19-5-3-11-31-19/h2-11,17H,12-13H2,1H3. The summed E-state index contributed by atoms with van der Waals surface area (Å²) in [6, 6.07) is 14.8. The van der Waals surface area contributed by atoms with Gasteiger partial charge in [0.15, 0.2) is 0 Å². The quantitative estimate of drug-likeness (QED) is 0.476. The van der Waals surface area contributed by atoms with Crippen molar-refractivity contribution in [3.05, 3.63) is 87.6 Å². The van der Waals surface area contributed by atoms with Crippen LogP contribution in [0.5, 0.6) is 0 Å². The summed E-state index contributed by atoms with van der Waals surface area (Å²) in [6.07, 6.45) is 2.08. The summed E-state index contributed by atoms with van der Waals surface area (Å²) in [6.45, 7) is 1.73. The second-order valence-electron chi connectivity index (χ2n) is 7.19. The maximum Gasteiger partial charge on any atom is 0.437 e. The number of nitrogens with zero attached hydrogens (tertiary/aromatic N) is 4. The Morgan fingerprint density at radius 2 is 2.03 bits per heavy atom. The molecule has 1 aliphatic rings. The SMILES string of the molecule is Cc1ccc(C2=NN(C(=O)Cn3nc(-c4cccs4)oc3=O)C(c3ccco3)C2)cc1. The van der Waals surface area contributed by atoms with Crippen molar-refractivity contribution >= 4 is 23.0 Å². The number of hydrazone groups is 1. The minimum absolute atomic E-state index is 0.195. The van der Waals surface area contributed by atoms with Gasteiger partial charge in [-0.2, -0.15) is 9.78 Å². The fraction of sp³-hybridized carbons (Fsp3) is 0.182. The molecule has 156 valence electrons. The number of furan rings is 1. The van der Waals surface area contributed by atoms with Crippen LogP contribution in [0, 0.1) is 6.92 Å². The van der Waals surface area contributed by atoms with E-state index in [1.54, 1.807) is 18.4 Å². The van der Waals surface area contributed by atoms with Crippen molar-refractivity contribution in [2.24, 2.45) is 5.10 Å². The minimum Gasteiger partial charge on any atom is -0.467 e. The lowest BCUT2D eigenvalue weighted by molar-refractivity contribution is -0.134. The van der Waals surface area contributed by atoms with Gasteiger partial charge in [0.25, 0.3) is 11.8 Å². The molecule has 0 bridgehead atoms. The third-order valence-electron chi connectivity index (χ3n) is 5.05. The van der Waals surface area contributed by atoms with E-state index in [1.165, 1.54) is 16.3 Å². The third-order valence-corrected chi connectivity index (χ3v) is 5.90. The summed E-state index contributed by atoms with van der Waals surface area (Å²) < 4.78 is 11.8. The first kappa shape index (κ1) is 19.3. The molecule has 1 amide bonds. The first-order chi connectivity index (χ1) is 15.1. The maximum atomic E-state index is 13.1. The van der Waals surface area contributed by atoms with E-state index in [0.717, 1.165) is 26.4 Å². The van der Waals surface area contributed by atoms with Gasteiger partial charge in [0.2, 0.25) is 0 Å². The molecule has 9 heteroatoms. The summed E-state index contributed by atoms with van der Waals surface area (Å²) in [4.78, 5) is 26.1. The molecule has 0 aliphatic carbocycles. The average Bonchev–Trinajstić information content (AvgIpc) is 3.55. The molecule has 1 aliphatic heterocycles. The second-order valence-corrected chi connectivity index (χ2v) is 8.14. The average molecular weight is 434 g/mol. The van der Waals surface area contributed by atoms with Crippen LogP contribution in [0.4, 0.5) is 0 Å². The van der Waals surface area contributed by atoms with E-state index in [-0.39, 0.29) is 18.3 Å². The smallest absolute Gasteiger partial charge is 0.437 e. The van der Waals surface area contributed by atoms with E-state index in [1.807, 2.05) is 48.7 Å². The fourth-order valence-corrected chi connectivity index (χ4v) is 4.11. The number of rotatable bonds is 5. The maximum absolute atomic E-state index is 13.1. The highest BCUT2D eigenvalue weighted by Crippen LogP contribution is 2.33. The van der Waals surface area contributed by atoms with Gasteiger partial charge in [0.05, 0.1) is 16.9 Å². The minimum atomic E-state index is -0.687. The number of hydrogen-bond donors (Lipinski definition) is 0. The van der Waals surface area contributed by atoms with Gasteiger partial charge in [-0.15, -0.1) is 16.4 Å². The number of aryl methyl sites for hydroxylation is 1. The monoisotopic (exact) mass is 434 g/mol. The molecule has 0 saturated carbocycles. The van der Waals surface area contributed by atoms with Gasteiger partial charge in [0.1, 0.15) is 18.3 Å². The first-order valence-corrected chi connectivity index (χ1v) is 10.6. The number of benzene rings is 1. The van der Waals surface area contributed by atoms with Gasteiger partial charge in [-0.1, -0.05) is 35.9 Å². The molecule has 8 nitrogen and oxygen atoms in total. The van der Waals surface area contributed by atoms with Gasteiger partial charge < -0.3 is 8.83 Å². The molecule has 3 aromatic heterocycles. The Morgan fingerprint density at radius 3 is 2.74 bits per heavy atom. The Morgan fingerprint density at radius 1 is 1.19 bits per heavy atom. The van der Waals surface area contributed by atoms with Crippen LogP contribution in [0.2, 0.25) is 0 Å². The number of carbonyl (C=O) groups is 1. The lowest BCUT2D eigenvalue weighted by atomic mass is 10.0. The van der Waals surface area contributed by atoms with E-state index in [4.69, 9.17) is 8.83 Å². The molecule has 1 atom stereocenters. The molecule has 0 radical (unpaired) electrons. The number of aromatic nitrogens is 2. The number of hydrogen-bond acceptors (Lipinski definition) is 7. The molecule has 4 aromatic rings. The summed E-state index contributed by atoms with van der Waals surface area (Å²) in [5, 5.41) is 12.0. The van der Waals surface area contributed by atoms with Crippen molar-refractivity contribution in [2.75, 3.05) is 0 Å². The van der Waals surface area contributed by atoms with Crippen LogP contribution >= 0.6 is 11.3 Å². The highest BCUT2D eigenvalue weighted by Gasteiger charge is 2.35. The van der Waals surface area contributed by atoms with Gasteiger partial charge in [-0.25, -0.2) is 9.80 Å². The molecule has 0 N–H and O–H groups in total. The normalized spacial score (nSPS) is 16.0. The molecule has 5 rings (SSSR count). The molecule has 31 heavy (non-hydrogen) atoms. The first-order valence-electron chi connectivity index (χ1n) is 9.70. The second kappa shape index (κ2) is 7.84. The van der Waals surface area contributed by atoms with Gasteiger partial charge in [0, 0.05) is 6.42 Å². The van der Waals surface area contributed by atoms with Crippen LogP contribution in [0.15, 0.2) is 78.9 Å². The molecule has 1 aromatic carbocycles. The van der Waals surface area contributed by atoms with E-state index in [2.05, 4.69) is 10.2 Å². The van der Waals surface area contributed by atoms with E-state index in [9.17, 15) is 9.59 Å². The van der Waals surface area contributed by atoms with Crippen molar-refractivity contribution in [1.29, 1.82) is 0 Å². The molecule has 0 fully saturated rings. The van der Waals surface area contributed by atoms with Crippen molar-refractivity contribution in [3.8, 4) is 10.8 Å². The summed E-state index contributed by atoms with van der Waals surface area (Å²) in [7, 11) is 0. The summed E-state index contributed by atoms with van der Waals surface area (Å²) in [5.74, 6) is -0.239. The van der Waals surface area contributed by atoms with Crippen molar-refractivity contribution < 1.29 is 13.6 Å². The molecule has 0 spiro atoms. The predicted octanol–water partition coefficient (Wildman–Crippen LogP) is 3.84. The highest BCUT2D eigenvalue weighted by atomic mass is 32.1. The summed E-state index contributed by atoms with van der Waals surface area (Å²) in [5.41, 5.74) is 2.86. The van der Waals surface area contributed by atoms with Crippen molar-refractivity contribution in [2.45, 2.75) is 25.9 Å². The Labute approximate surface area is 181 Å². The molecule has 1 unspecified atom stereocenters. The van der Waals surface area contributed by atoms with Gasteiger partial charge in [-0.05, 0) is 36.1 Å². The van der Waals surface area contributed by atoms with Crippen LogP contribution in [0.1, 0.15) is 29.3 Å². The van der Waals surface area contributed by atoms with Gasteiger partial charge >= 0.3 is 5.76 Å². The number of amides is 1.